The van der Waals surface area contributed by atoms with Crippen LogP contribution in [-0.4, -0.2) is 22.4 Å². The van der Waals surface area contributed by atoms with E-state index >= 15 is 0 Å². The van der Waals surface area contributed by atoms with Crippen molar-refractivity contribution in [1.29, 1.82) is 0 Å². The SMILES string of the molecule is CCOC(=O)C[C@H](N)c1cn(C)nc1CC. The van der Waals surface area contributed by atoms with Crippen LogP contribution in [0.4, 0.5) is 0 Å². The van der Waals surface area contributed by atoms with E-state index in [1.54, 1.807) is 11.6 Å². The van der Waals surface area contributed by atoms with Crippen LogP contribution in [0, 0.1) is 0 Å². The summed E-state index contributed by atoms with van der Waals surface area (Å²) in [5.74, 6) is -0.263. The van der Waals surface area contributed by atoms with Gasteiger partial charge in [-0.05, 0) is 13.3 Å². The molecule has 0 radical (unpaired) electrons. The first-order valence-corrected chi connectivity index (χ1v) is 5.52. The van der Waals surface area contributed by atoms with Gasteiger partial charge in [0.15, 0.2) is 0 Å². The molecule has 16 heavy (non-hydrogen) atoms. The van der Waals surface area contributed by atoms with E-state index in [1.807, 2.05) is 20.2 Å². The Morgan fingerprint density at radius 1 is 1.62 bits per heavy atom. The lowest BCUT2D eigenvalue weighted by molar-refractivity contribution is -0.143. The fourth-order valence-corrected chi connectivity index (χ4v) is 1.65. The second-order valence-electron chi connectivity index (χ2n) is 3.67. The average molecular weight is 225 g/mol. The van der Waals surface area contributed by atoms with Gasteiger partial charge in [0.05, 0.1) is 18.7 Å². The zero-order valence-electron chi connectivity index (χ0n) is 10.1. The molecule has 0 fully saturated rings. The van der Waals surface area contributed by atoms with Gasteiger partial charge >= 0.3 is 5.97 Å². The summed E-state index contributed by atoms with van der Waals surface area (Å²) in [7, 11) is 1.85. The molecule has 1 aromatic heterocycles. The van der Waals surface area contributed by atoms with Crippen LogP contribution in [0.2, 0.25) is 0 Å². The Hall–Kier alpha value is -1.36. The Kier molecular flexibility index (Phi) is 4.49. The first kappa shape index (κ1) is 12.7. The minimum absolute atomic E-state index is 0.201. The van der Waals surface area contributed by atoms with Gasteiger partial charge in [0.1, 0.15) is 0 Å². The number of nitrogens with zero attached hydrogens (tertiary/aromatic N) is 2. The van der Waals surface area contributed by atoms with Gasteiger partial charge in [-0.3, -0.25) is 9.48 Å². The number of hydrogen-bond acceptors (Lipinski definition) is 4. The zero-order chi connectivity index (χ0) is 12.1. The highest BCUT2D eigenvalue weighted by Gasteiger charge is 2.17. The van der Waals surface area contributed by atoms with Gasteiger partial charge in [0.2, 0.25) is 0 Å². The first-order chi connectivity index (χ1) is 7.58. The predicted octanol–water partition coefficient (Wildman–Crippen LogP) is 0.935. The molecule has 0 aliphatic carbocycles. The molecule has 0 saturated heterocycles. The van der Waals surface area contributed by atoms with E-state index in [9.17, 15) is 4.79 Å². The molecule has 1 heterocycles. The molecule has 0 aliphatic rings. The number of aryl methyl sites for hydroxylation is 2. The Morgan fingerprint density at radius 3 is 2.88 bits per heavy atom. The minimum Gasteiger partial charge on any atom is -0.466 e. The Balaban J connectivity index is 2.71. The molecule has 0 unspecified atom stereocenters. The van der Waals surface area contributed by atoms with E-state index in [2.05, 4.69) is 5.10 Å². The summed E-state index contributed by atoms with van der Waals surface area (Å²) < 4.78 is 6.59. The van der Waals surface area contributed by atoms with Crippen molar-refractivity contribution in [1.82, 2.24) is 9.78 Å². The molecule has 2 N–H and O–H groups in total. The first-order valence-electron chi connectivity index (χ1n) is 5.52. The standard InChI is InChI=1S/C11H19N3O2/c1-4-10-8(7-14(3)13-10)9(12)6-11(15)16-5-2/h7,9H,4-6,12H2,1-3H3/t9-/m0/s1. The molecule has 0 amide bonds. The highest BCUT2D eigenvalue weighted by Crippen LogP contribution is 2.18. The lowest BCUT2D eigenvalue weighted by atomic mass is 10.0. The van der Waals surface area contributed by atoms with E-state index in [1.165, 1.54) is 0 Å². The zero-order valence-corrected chi connectivity index (χ0v) is 10.1. The third-order valence-electron chi connectivity index (χ3n) is 2.36. The van der Waals surface area contributed by atoms with Crippen molar-refractivity contribution in [2.75, 3.05) is 6.61 Å². The van der Waals surface area contributed by atoms with Gasteiger partial charge in [-0.15, -0.1) is 0 Å². The van der Waals surface area contributed by atoms with Crippen LogP contribution >= 0.6 is 0 Å². The molecule has 1 aromatic rings. The Bertz CT molecular complexity index is 360. The number of carbonyl (C=O) groups excluding carboxylic acids is 1. The topological polar surface area (TPSA) is 70.1 Å². The highest BCUT2D eigenvalue weighted by molar-refractivity contribution is 5.70. The highest BCUT2D eigenvalue weighted by atomic mass is 16.5. The molecule has 1 rings (SSSR count). The monoisotopic (exact) mass is 225 g/mol. The molecule has 5 nitrogen and oxygen atoms in total. The summed E-state index contributed by atoms with van der Waals surface area (Å²) in [6.45, 7) is 4.19. The number of aromatic nitrogens is 2. The third-order valence-corrected chi connectivity index (χ3v) is 2.36. The molecule has 1 atom stereocenters. The van der Waals surface area contributed by atoms with E-state index in [0.29, 0.717) is 6.61 Å². The van der Waals surface area contributed by atoms with Gasteiger partial charge in [-0.1, -0.05) is 6.92 Å². The maximum absolute atomic E-state index is 11.3. The maximum atomic E-state index is 11.3. The van der Waals surface area contributed by atoms with Crippen molar-refractivity contribution in [2.24, 2.45) is 12.8 Å². The normalized spacial score (nSPS) is 12.5. The summed E-state index contributed by atoms with van der Waals surface area (Å²) in [5, 5.41) is 4.29. The van der Waals surface area contributed by atoms with Crippen molar-refractivity contribution in [3.8, 4) is 0 Å². The van der Waals surface area contributed by atoms with Gasteiger partial charge < -0.3 is 10.5 Å². The number of rotatable bonds is 5. The smallest absolute Gasteiger partial charge is 0.307 e. The maximum Gasteiger partial charge on any atom is 0.307 e. The van der Waals surface area contributed by atoms with Crippen LogP contribution in [0.25, 0.3) is 0 Å². The Labute approximate surface area is 95.6 Å². The van der Waals surface area contributed by atoms with Crippen molar-refractivity contribution < 1.29 is 9.53 Å². The van der Waals surface area contributed by atoms with Crippen LogP contribution in [0.15, 0.2) is 6.20 Å². The van der Waals surface area contributed by atoms with Crippen LogP contribution < -0.4 is 5.73 Å². The van der Waals surface area contributed by atoms with Crippen molar-refractivity contribution in [2.45, 2.75) is 32.7 Å². The van der Waals surface area contributed by atoms with Crippen molar-refractivity contribution in [3.05, 3.63) is 17.5 Å². The molecule has 5 heteroatoms. The van der Waals surface area contributed by atoms with Gasteiger partial charge in [0, 0.05) is 24.8 Å². The molecular formula is C11H19N3O2. The van der Waals surface area contributed by atoms with Crippen molar-refractivity contribution >= 4 is 5.97 Å². The summed E-state index contributed by atoms with van der Waals surface area (Å²) in [6.07, 6.45) is 2.88. The second kappa shape index (κ2) is 5.65. The average Bonchev–Trinajstić information content (AvgIpc) is 2.59. The van der Waals surface area contributed by atoms with Gasteiger partial charge in [-0.2, -0.15) is 5.10 Å². The van der Waals surface area contributed by atoms with Crippen LogP contribution in [0.1, 0.15) is 37.6 Å². The van der Waals surface area contributed by atoms with E-state index in [-0.39, 0.29) is 18.4 Å². The summed E-state index contributed by atoms with van der Waals surface area (Å²) >= 11 is 0. The van der Waals surface area contributed by atoms with Crippen LogP contribution in [0.3, 0.4) is 0 Å². The number of esters is 1. The molecule has 0 bridgehead atoms. The summed E-state index contributed by atoms with van der Waals surface area (Å²) in [4.78, 5) is 11.3. The molecule has 0 spiro atoms. The number of nitrogens with two attached hydrogens (primary N) is 1. The van der Waals surface area contributed by atoms with E-state index < -0.39 is 0 Å². The fourth-order valence-electron chi connectivity index (χ4n) is 1.65. The second-order valence-corrected chi connectivity index (χ2v) is 3.67. The fraction of sp³-hybridized carbons (Fsp3) is 0.636. The molecule has 90 valence electrons. The quantitative estimate of drug-likeness (QED) is 0.757. The lowest BCUT2D eigenvalue weighted by Crippen LogP contribution is -2.18. The molecule has 0 aromatic carbocycles. The number of hydrogen-bond donors (Lipinski definition) is 1. The van der Waals surface area contributed by atoms with Crippen molar-refractivity contribution in [3.63, 3.8) is 0 Å². The minimum atomic E-state index is -0.331. The van der Waals surface area contributed by atoms with Crippen LogP contribution in [0.5, 0.6) is 0 Å². The predicted molar refractivity (Wildman–Crippen MR) is 60.8 cm³/mol. The summed E-state index contributed by atoms with van der Waals surface area (Å²) in [6, 6.07) is -0.331. The number of carbonyl (C=O) groups is 1. The van der Waals surface area contributed by atoms with E-state index in [0.717, 1.165) is 17.7 Å². The lowest BCUT2D eigenvalue weighted by Gasteiger charge is -2.10. The van der Waals surface area contributed by atoms with Gasteiger partial charge in [-0.25, -0.2) is 0 Å². The molecule has 0 aliphatic heterocycles. The van der Waals surface area contributed by atoms with Gasteiger partial charge in [0.25, 0.3) is 0 Å². The largest absolute Gasteiger partial charge is 0.466 e. The molecular weight excluding hydrogens is 206 g/mol. The third kappa shape index (κ3) is 3.06. The Morgan fingerprint density at radius 2 is 2.31 bits per heavy atom. The van der Waals surface area contributed by atoms with E-state index in [4.69, 9.17) is 10.5 Å². The number of ether oxygens (including phenoxy) is 1. The molecule has 0 saturated carbocycles. The summed E-state index contributed by atoms with van der Waals surface area (Å²) in [5.41, 5.74) is 7.83. The van der Waals surface area contributed by atoms with Crippen LogP contribution in [-0.2, 0) is 23.0 Å².